The number of hydrogen-bond acceptors (Lipinski definition) is 4. The molecule has 1 fully saturated rings. The van der Waals surface area contributed by atoms with Gasteiger partial charge in [-0.2, -0.15) is 0 Å². The van der Waals surface area contributed by atoms with Gasteiger partial charge in [0.1, 0.15) is 4.88 Å². The van der Waals surface area contributed by atoms with E-state index in [2.05, 4.69) is 29.5 Å². The zero-order valence-corrected chi connectivity index (χ0v) is 12.1. The molecule has 1 saturated carbocycles. The van der Waals surface area contributed by atoms with Crippen LogP contribution in [0.2, 0.25) is 0 Å². The molecule has 0 bridgehead atoms. The van der Waals surface area contributed by atoms with Crippen LogP contribution in [0.4, 0.5) is 5.13 Å². The Bertz CT molecular complexity index is 424. The summed E-state index contributed by atoms with van der Waals surface area (Å²) in [5.74, 6) is 0.709. The van der Waals surface area contributed by atoms with Crippen molar-refractivity contribution in [3.05, 3.63) is 10.6 Å². The van der Waals surface area contributed by atoms with E-state index in [1.807, 2.05) is 6.92 Å². The first-order valence-corrected chi connectivity index (χ1v) is 7.40. The van der Waals surface area contributed by atoms with Crippen molar-refractivity contribution < 1.29 is 4.79 Å². The molecule has 2 rings (SSSR count). The lowest BCUT2D eigenvalue weighted by Gasteiger charge is -2.04. The Morgan fingerprint density at radius 1 is 1.50 bits per heavy atom. The molecule has 1 aliphatic rings. The molecule has 1 aliphatic carbocycles. The predicted molar refractivity (Wildman–Crippen MR) is 75.3 cm³/mol. The maximum atomic E-state index is 11.9. The number of carbonyl (C=O) groups is 1. The SMILES string of the molecule is Cc1nc(NCCC(C)C)sc1C(=O)NC1CC1. The van der Waals surface area contributed by atoms with Gasteiger partial charge < -0.3 is 10.6 Å². The van der Waals surface area contributed by atoms with Gasteiger partial charge in [0.2, 0.25) is 0 Å². The van der Waals surface area contributed by atoms with Crippen molar-refractivity contribution in [1.29, 1.82) is 0 Å². The van der Waals surface area contributed by atoms with Gasteiger partial charge >= 0.3 is 0 Å². The lowest BCUT2D eigenvalue weighted by Crippen LogP contribution is -2.25. The van der Waals surface area contributed by atoms with E-state index < -0.39 is 0 Å². The van der Waals surface area contributed by atoms with Crippen molar-refractivity contribution in [3.63, 3.8) is 0 Å². The molecule has 0 atom stereocenters. The van der Waals surface area contributed by atoms with Gasteiger partial charge in [0.15, 0.2) is 5.13 Å². The minimum Gasteiger partial charge on any atom is -0.361 e. The Hall–Kier alpha value is -1.10. The van der Waals surface area contributed by atoms with Crippen molar-refractivity contribution in [2.75, 3.05) is 11.9 Å². The van der Waals surface area contributed by atoms with Gasteiger partial charge in [-0.1, -0.05) is 25.2 Å². The maximum Gasteiger partial charge on any atom is 0.263 e. The second-order valence-electron chi connectivity index (χ2n) is 5.29. The molecular formula is C13H21N3OS. The van der Waals surface area contributed by atoms with Gasteiger partial charge in [-0.05, 0) is 32.1 Å². The number of amides is 1. The van der Waals surface area contributed by atoms with Crippen LogP contribution in [-0.4, -0.2) is 23.5 Å². The fourth-order valence-electron chi connectivity index (χ4n) is 1.63. The van der Waals surface area contributed by atoms with Crippen LogP contribution >= 0.6 is 11.3 Å². The largest absolute Gasteiger partial charge is 0.361 e. The minimum atomic E-state index is 0.0319. The molecule has 0 radical (unpaired) electrons. The Kier molecular flexibility index (Phi) is 4.22. The molecule has 1 amide bonds. The molecule has 4 nitrogen and oxygen atoms in total. The summed E-state index contributed by atoms with van der Waals surface area (Å²) < 4.78 is 0. The molecule has 5 heteroatoms. The molecule has 2 N–H and O–H groups in total. The van der Waals surface area contributed by atoms with Crippen LogP contribution in [0.1, 0.15) is 48.5 Å². The summed E-state index contributed by atoms with van der Waals surface area (Å²) in [6.45, 7) is 7.20. The van der Waals surface area contributed by atoms with E-state index in [0.717, 1.165) is 41.5 Å². The van der Waals surface area contributed by atoms with Gasteiger partial charge in [0.05, 0.1) is 5.69 Å². The summed E-state index contributed by atoms with van der Waals surface area (Å²) in [5.41, 5.74) is 0.824. The molecule has 0 unspecified atom stereocenters. The van der Waals surface area contributed by atoms with Crippen molar-refractivity contribution in [3.8, 4) is 0 Å². The van der Waals surface area contributed by atoms with Crippen LogP contribution in [0.5, 0.6) is 0 Å². The number of nitrogens with one attached hydrogen (secondary N) is 2. The predicted octanol–water partition coefficient (Wildman–Crippen LogP) is 2.80. The molecular weight excluding hydrogens is 246 g/mol. The molecule has 1 aromatic heterocycles. The molecule has 1 heterocycles. The van der Waals surface area contributed by atoms with E-state index in [4.69, 9.17) is 0 Å². The third-order valence-corrected chi connectivity index (χ3v) is 4.03. The molecule has 0 aliphatic heterocycles. The van der Waals surface area contributed by atoms with Crippen LogP contribution in [-0.2, 0) is 0 Å². The second-order valence-corrected chi connectivity index (χ2v) is 6.29. The molecule has 0 saturated heterocycles. The summed E-state index contributed by atoms with van der Waals surface area (Å²) in [7, 11) is 0. The molecule has 0 spiro atoms. The summed E-state index contributed by atoms with van der Waals surface area (Å²) >= 11 is 1.45. The first-order valence-electron chi connectivity index (χ1n) is 6.58. The smallest absolute Gasteiger partial charge is 0.263 e. The average molecular weight is 267 g/mol. The van der Waals surface area contributed by atoms with Gasteiger partial charge in [-0.3, -0.25) is 4.79 Å². The van der Waals surface area contributed by atoms with Crippen molar-refractivity contribution in [2.45, 2.75) is 46.1 Å². The average Bonchev–Trinajstić information content (AvgIpc) is 3.01. The van der Waals surface area contributed by atoms with E-state index >= 15 is 0 Å². The van der Waals surface area contributed by atoms with Crippen molar-refractivity contribution in [2.24, 2.45) is 5.92 Å². The Morgan fingerprint density at radius 2 is 2.22 bits per heavy atom. The first-order chi connectivity index (χ1) is 8.56. The Balaban J connectivity index is 1.90. The zero-order chi connectivity index (χ0) is 13.1. The Morgan fingerprint density at radius 3 is 2.83 bits per heavy atom. The monoisotopic (exact) mass is 267 g/mol. The summed E-state index contributed by atoms with van der Waals surface area (Å²) in [4.78, 5) is 17.1. The molecule has 1 aromatic rings. The lowest BCUT2D eigenvalue weighted by atomic mass is 10.1. The summed E-state index contributed by atoms with van der Waals surface area (Å²) in [5, 5.41) is 7.15. The molecule has 0 aromatic carbocycles. The molecule has 18 heavy (non-hydrogen) atoms. The number of rotatable bonds is 6. The number of anilines is 1. The minimum absolute atomic E-state index is 0.0319. The van der Waals surface area contributed by atoms with E-state index in [-0.39, 0.29) is 5.91 Å². The third kappa shape index (κ3) is 3.70. The van der Waals surface area contributed by atoms with Crippen LogP contribution in [0.25, 0.3) is 0 Å². The highest BCUT2D eigenvalue weighted by Gasteiger charge is 2.25. The van der Waals surface area contributed by atoms with Crippen molar-refractivity contribution in [1.82, 2.24) is 10.3 Å². The topological polar surface area (TPSA) is 54.0 Å². The van der Waals surface area contributed by atoms with Crippen LogP contribution in [0.15, 0.2) is 0 Å². The third-order valence-electron chi connectivity index (χ3n) is 2.91. The van der Waals surface area contributed by atoms with E-state index in [1.54, 1.807) is 0 Å². The van der Waals surface area contributed by atoms with Crippen LogP contribution in [0.3, 0.4) is 0 Å². The normalized spacial score (nSPS) is 14.9. The number of nitrogens with zero attached hydrogens (tertiary/aromatic N) is 1. The quantitative estimate of drug-likeness (QED) is 0.833. The highest BCUT2D eigenvalue weighted by atomic mass is 32.1. The van der Waals surface area contributed by atoms with Crippen molar-refractivity contribution >= 4 is 22.4 Å². The summed E-state index contributed by atoms with van der Waals surface area (Å²) in [6.07, 6.45) is 3.34. The van der Waals surface area contributed by atoms with E-state index in [9.17, 15) is 4.79 Å². The number of aryl methyl sites for hydroxylation is 1. The number of hydrogen-bond donors (Lipinski definition) is 2. The lowest BCUT2D eigenvalue weighted by molar-refractivity contribution is 0.0954. The number of aromatic nitrogens is 1. The fourth-order valence-corrected chi connectivity index (χ4v) is 2.52. The Labute approximate surface area is 112 Å². The van der Waals surface area contributed by atoms with Gasteiger partial charge in [-0.15, -0.1) is 0 Å². The highest BCUT2D eigenvalue weighted by molar-refractivity contribution is 7.17. The van der Waals surface area contributed by atoms with Crippen LogP contribution in [0, 0.1) is 12.8 Å². The van der Waals surface area contributed by atoms with E-state index in [0.29, 0.717) is 12.0 Å². The number of carbonyl (C=O) groups excluding carboxylic acids is 1. The first kappa shape index (κ1) is 13.3. The standard InChI is InChI=1S/C13H21N3OS/c1-8(2)6-7-14-13-15-9(3)11(18-13)12(17)16-10-4-5-10/h8,10H,4-7H2,1-3H3,(H,14,15)(H,16,17). The summed E-state index contributed by atoms with van der Waals surface area (Å²) in [6, 6.07) is 0.399. The fraction of sp³-hybridized carbons (Fsp3) is 0.692. The number of thiazole rings is 1. The van der Waals surface area contributed by atoms with Gasteiger partial charge in [0, 0.05) is 12.6 Å². The zero-order valence-electron chi connectivity index (χ0n) is 11.2. The molecule has 100 valence electrons. The van der Waals surface area contributed by atoms with Gasteiger partial charge in [0.25, 0.3) is 5.91 Å². The van der Waals surface area contributed by atoms with Gasteiger partial charge in [-0.25, -0.2) is 4.98 Å². The maximum absolute atomic E-state index is 11.9. The highest BCUT2D eigenvalue weighted by Crippen LogP contribution is 2.25. The van der Waals surface area contributed by atoms with E-state index in [1.165, 1.54) is 11.3 Å². The second kappa shape index (κ2) is 5.69. The van der Waals surface area contributed by atoms with Crippen LogP contribution < -0.4 is 10.6 Å².